The topological polar surface area (TPSA) is 91.7 Å². The third-order valence-corrected chi connectivity index (χ3v) is 6.99. The fourth-order valence-corrected chi connectivity index (χ4v) is 5.52. The number of aromatic nitrogens is 1. The number of Topliss-reactive ketones (excluding diaryl/α,β-unsaturated/α-hetero) is 1. The van der Waals surface area contributed by atoms with Crippen LogP contribution in [0.15, 0.2) is 36.4 Å². The molecule has 0 radical (unpaired) electrons. The Labute approximate surface area is 176 Å². The van der Waals surface area contributed by atoms with Crippen molar-refractivity contribution in [3.63, 3.8) is 0 Å². The van der Waals surface area contributed by atoms with Crippen molar-refractivity contribution in [2.45, 2.75) is 26.3 Å². The molecule has 0 amide bonds. The fourth-order valence-electron chi connectivity index (χ4n) is 3.82. The van der Waals surface area contributed by atoms with Crippen molar-refractivity contribution in [1.29, 1.82) is 0 Å². The quantitative estimate of drug-likeness (QED) is 0.380. The number of hydrogen-bond donors (Lipinski definition) is 0. The number of benzene rings is 1. The molecule has 1 aliphatic rings. The van der Waals surface area contributed by atoms with E-state index in [1.54, 1.807) is 38.3 Å². The molecule has 0 aliphatic carbocycles. The number of ether oxygens (including phenoxy) is 2. The van der Waals surface area contributed by atoms with Crippen LogP contribution in [0.1, 0.15) is 39.8 Å². The van der Waals surface area contributed by atoms with Crippen molar-refractivity contribution in [3.8, 4) is 5.75 Å². The summed E-state index contributed by atoms with van der Waals surface area (Å²) in [5.41, 5.74) is 2.68. The molecule has 1 aromatic heterocycles. The molecule has 160 valence electrons. The number of carbonyl (C=O) groups is 2. The van der Waals surface area contributed by atoms with Crippen molar-refractivity contribution >= 4 is 27.7 Å². The Hall–Kier alpha value is -2.87. The lowest BCUT2D eigenvalue weighted by atomic mass is 10.1. The highest BCUT2D eigenvalue weighted by molar-refractivity contribution is 7.91. The predicted octanol–water partition coefficient (Wildman–Crippen LogP) is 2.91. The summed E-state index contributed by atoms with van der Waals surface area (Å²) in [6.07, 6.45) is 3.35. The van der Waals surface area contributed by atoms with Crippen LogP contribution in [-0.4, -0.2) is 50.0 Å². The number of rotatable bonds is 7. The lowest BCUT2D eigenvalue weighted by Crippen LogP contribution is -2.16. The van der Waals surface area contributed by atoms with Crippen molar-refractivity contribution in [2.24, 2.45) is 0 Å². The SMILES string of the molecule is COc1ccccc1/C=C/C(=O)OCC(=O)c1cc(C)n(C2CCS(=O)(=O)C2)c1C. The van der Waals surface area contributed by atoms with Gasteiger partial charge in [-0.25, -0.2) is 13.2 Å². The van der Waals surface area contributed by atoms with Gasteiger partial charge in [-0.15, -0.1) is 0 Å². The Morgan fingerprint density at radius 1 is 1.23 bits per heavy atom. The van der Waals surface area contributed by atoms with Crippen LogP contribution in [0, 0.1) is 13.8 Å². The monoisotopic (exact) mass is 431 g/mol. The van der Waals surface area contributed by atoms with E-state index in [9.17, 15) is 18.0 Å². The first-order valence-electron chi connectivity index (χ1n) is 9.61. The highest BCUT2D eigenvalue weighted by Crippen LogP contribution is 2.29. The Morgan fingerprint density at radius 2 is 1.97 bits per heavy atom. The van der Waals surface area contributed by atoms with E-state index in [0.717, 1.165) is 11.3 Å². The van der Waals surface area contributed by atoms with Gasteiger partial charge in [-0.3, -0.25) is 4.79 Å². The molecule has 8 heteroatoms. The summed E-state index contributed by atoms with van der Waals surface area (Å²) in [5.74, 6) is -0.0911. The van der Waals surface area contributed by atoms with Crippen LogP contribution in [0.4, 0.5) is 0 Å². The molecular weight excluding hydrogens is 406 g/mol. The molecule has 7 nitrogen and oxygen atoms in total. The lowest BCUT2D eigenvalue weighted by molar-refractivity contribution is -0.136. The average Bonchev–Trinajstić information content (AvgIpc) is 3.22. The average molecular weight is 432 g/mol. The minimum absolute atomic E-state index is 0.0831. The number of para-hydroxylation sites is 1. The standard InChI is InChI=1S/C22H25NO6S/c1-15-12-19(16(2)23(15)18-10-11-30(26,27)14-18)20(24)13-29-22(25)9-8-17-6-4-5-7-21(17)28-3/h4-9,12,18H,10-11,13-14H2,1-3H3/b9-8+. The molecule has 0 saturated carbocycles. The molecular formula is C22H25NO6S. The number of esters is 1. The molecule has 1 aromatic carbocycles. The van der Waals surface area contributed by atoms with Gasteiger partial charge < -0.3 is 14.0 Å². The molecule has 0 spiro atoms. The summed E-state index contributed by atoms with van der Waals surface area (Å²) in [6, 6.07) is 8.78. The van der Waals surface area contributed by atoms with E-state index in [0.29, 0.717) is 23.4 Å². The number of ketones is 1. The zero-order chi connectivity index (χ0) is 21.9. The van der Waals surface area contributed by atoms with E-state index in [1.165, 1.54) is 6.08 Å². The van der Waals surface area contributed by atoms with E-state index in [1.807, 2.05) is 23.6 Å². The molecule has 1 fully saturated rings. The zero-order valence-electron chi connectivity index (χ0n) is 17.3. The maximum absolute atomic E-state index is 12.6. The summed E-state index contributed by atoms with van der Waals surface area (Å²) in [5, 5.41) is 0. The van der Waals surface area contributed by atoms with Gasteiger partial charge >= 0.3 is 5.97 Å². The molecule has 1 saturated heterocycles. The van der Waals surface area contributed by atoms with Gasteiger partial charge in [0.15, 0.2) is 16.4 Å². The van der Waals surface area contributed by atoms with Crippen LogP contribution in [0.2, 0.25) is 0 Å². The van der Waals surface area contributed by atoms with E-state index < -0.39 is 15.8 Å². The Bertz CT molecular complexity index is 1100. The number of carbonyl (C=O) groups excluding carboxylic acids is 2. The number of hydrogen-bond acceptors (Lipinski definition) is 6. The van der Waals surface area contributed by atoms with Crippen LogP contribution in [0.3, 0.4) is 0 Å². The highest BCUT2D eigenvalue weighted by atomic mass is 32.2. The third kappa shape index (κ3) is 4.81. The van der Waals surface area contributed by atoms with Crippen LogP contribution in [0.5, 0.6) is 5.75 Å². The Balaban J connectivity index is 1.65. The van der Waals surface area contributed by atoms with Crippen LogP contribution >= 0.6 is 0 Å². The van der Waals surface area contributed by atoms with Gasteiger partial charge in [0.2, 0.25) is 5.78 Å². The molecule has 0 N–H and O–H groups in total. The second-order valence-electron chi connectivity index (χ2n) is 7.32. The number of methoxy groups -OCH3 is 1. The van der Waals surface area contributed by atoms with Crippen molar-refractivity contribution in [2.75, 3.05) is 25.2 Å². The second kappa shape index (κ2) is 8.87. The van der Waals surface area contributed by atoms with Gasteiger partial charge in [0.25, 0.3) is 0 Å². The zero-order valence-corrected chi connectivity index (χ0v) is 18.1. The maximum Gasteiger partial charge on any atom is 0.331 e. The number of aryl methyl sites for hydroxylation is 1. The molecule has 0 bridgehead atoms. The van der Waals surface area contributed by atoms with Crippen molar-refractivity contribution in [1.82, 2.24) is 4.57 Å². The summed E-state index contributed by atoms with van der Waals surface area (Å²) >= 11 is 0. The molecule has 1 aliphatic heterocycles. The largest absolute Gasteiger partial charge is 0.496 e. The molecule has 3 rings (SSSR count). The van der Waals surface area contributed by atoms with Crippen LogP contribution in [-0.2, 0) is 19.4 Å². The molecule has 1 atom stereocenters. The number of sulfone groups is 1. The van der Waals surface area contributed by atoms with Gasteiger partial charge in [0, 0.05) is 34.6 Å². The third-order valence-electron chi connectivity index (χ3n) is 5.24. The number of nitrogens with zero attached hydrogens (tertiary/aromatic N) is 1. The first kappa shape index (κ1) is 21.8. The molecule has 2 heterocycles. The van der Waals surface area contributed by atoms with Crippen LogP contribution in [0.25, 0.3) is 6.08 Å². The molecule has 1 unspecified atom stereocenters. The van der Waals surface area contributed by atoms with Crippen molar-refractivity contribution < 1.29 is 27.5 Å². The minimum atomic E-state index is -3.04. The van der Waals surface area contributed by atoms with Crippen LogP contribution < -0.4 is 4.74 Å². The van der Waals surface area contributed by atoms with E-state index in [-0.39, 0.29) is 29.9 Å². The van der Waals surface area contributed by atoms with E-state index >= 15 is 0 Å². The van der Waals surface area contributed by atoms with Gasteiger partial charge in [0.1, 0.15) is 5.75 Å². The van der Waals surface area contributed by atoms with Gasteiger partial charge in [-0.2, -0.15) is 0 Å². The second-order valence-corrected chi connectivity index (χ2v) is 9.55. The summed E-state index contributed by atoms with van der Waals surface area (Å²) < 4.78 is 35.8. The first-order chi connectivity index (χ1) is 14.2. The summed E-state index contributed by atoms with van der Waals surface area (Å²) in [4.78, 5) is 24.6. The normalized spacial score (nSPS) is 17.9. The van der Waals surface area contributed by atoms with E-state index in [4.69, 9.17) is 9.47 Å². The maximum atomic E-state index is 12.6. The smallest absolute Gasteiger partial charge is 0.331 e. The lowest BCUT2D eigenvalue weighted by Gasteiger charge is -2.16. The molecule has 2 aromatic rings. The minimum Gasteiger partial charge on any atom is -0.496 e. The predicted molar refractivity (Wildman–Crippen MR) is 114 cm³/mol. The first-order valence-corrected chi connectivity index (χ1v) is 11.4. The fraction of sp³-hybridized carbons (Fsp3) is 0.364. The Morgan fingerprint density at radius 3 is 2.63 bits per heavy atom. The summed E-state index contributed by atoms with van der Waals surface area (Å²) in [6.45, 7) is 3.24. The van der Waals surface area contributed by atoms with E-state index in [2.05, 4.69) is 0 Å². The molecule has 30 heavy (non-hydrogen) atoms. The summed E-state index contributed by atoms with van der Waals surface area (Å²) in [7, 11) is -1.49. The van der Waals surface area contributed by atoms with Gasteiger partial charge in [-0.1, -0.05) is 18.2 Å². The highest BCUT2D eigenvalue weighted by Gasteiger charge is 2.31. The van der Waals surface area contributed by atoms with Crippen molar-refractivity contribution in [3.05, 3.63) is 58.9 Å². The van der Waals surface area contributed by atoms with Gasteiger partial charge in [0.05, 0.1) is 18.6 Å². The Kier molecular flexibility index (Phi) is 6.45. The van der Waals surface area contributed by atoms with Gasteiger partial charge in [-0.05, 0) is 38.5 Å².